The smallest absolute Gasteiger partial charge is 0.174 e. The van der Waals surface area contributed by atoms with Crippen LogP contribution in [0.25, 0.3) is 0 Å². The Morgan fingerprint density at radius 3 is 2.52 bits per heavy atom. The molecular formula is C23H22Cl2INO2. The average Bonchev–Trinajstić information content (AvgIpc) is 2.72. The summed E-state index contributed by atoms with van der Waals surface area (Å²) >= 11 is 14.5. The molecule has 0 heterocycles. The van der Waals surface area contributed by atoms with E-state index in [1.807, 2.05) is 18.2 Å². The van der Waals surface area contributed by atoms with Crippen LogP contribution in [0.1, 0.15) is 23.6 Å². The number of para-hydroxylation sites is 1. The number of hydrogen-bond acceptors (Lipinski definition) is 3. The van der Waals surface area contributed by atoms with Crippen LogP contribution in [0.5, 0.6) is 11.5 Å². The minimum Gasteiger partial charge on any atom is -0.493 e. The van der Waals surface area contributed by atoms with Gasteiger partial charge in [0.2, 0.25) is 0 Å². The van der Waals surface area contributed by atoms with Gasteiger partial charge >= 0.3 is 0 Å². The lowest BCUT2D eigenvalue weighted by atomic mass is 10.1. The summed E-state index contributed by atoms with van der Waals surface area (Å²) in [4.78, 5) is 0. The minimum atomic E-state index is 0.337. The fourth-order valence-electron chi connectivity index (χ4n) is 3.00. The van der Waals surface area contributed by atoms with Gasteiger partial charge in [0.15, 0.2) is 11.5 Å². The molecule has 0 bridgehead atoms. The summed E-state index contributed by atoms with van der Waals surface area (Å²) in [6.45, 7) is 3.20. The van der Waals surface area contributed by atoms with Crippen LogP contribution in [0, 0.1) is 3.57 Å². The Labute approximate surface area is 195 Å². The largest absolute Gasteiger partial charge is 0.493 e. The van der Waals surface area contributed by atoms with Gasteiger partial charge in [0, 0.05) is 27.8 Å². The molecule has 3 rings (SSSR count). The van der Waals surface area contributed by atoms with Gasteiger partial charge in [-0.15, -0.1) is 0 Å². The molecule has 0 aromatic heterocycles. The SMILES string of the molecule is CCc1ccccc1NCc1cc(I)c(OCc2ccc(Cl)cc2Cl)c(OC)c1. The molecule has 0 saturated heterocycles. The Bertz CT molecular complexity index is 995. The molecule has 3 nitrogen and oxygen atoms in total. The molecule has 3 aromatic carbocycles. The number of methoxy groups -OCH3 is 1. The van der Waals surface area contributed by atoms with Crippen LogP contribution in [0.15, 0.2) is 54.6 Å². The van der Waals surface area contributed by atoms with Gasteiger partial charge in [0.25, 0.3) is 0 Å². The Balaban J connectivity index is 1.75. The van der Waals surface area contributed by atoms with Crippen LogP contribution in [0.3, 0.4) is 0 Å². The van der Waals surface area contributed by atoms with Crippen molar-refractivity contribution in [1.29, 1.82) is 0 Å². The number of ether oxygens (including phenoxy) is 2. The number of nitrogens with one attached hydrogen (secondary N) is 1. The van der Waals surface area contributed by atoms with Crippen molar-refractivity contribution in [2.45, 2.75) is 26.5 Å². The number of halogens is 3. The third-order valence-corrected chi connectivity index (χ3v) is 5.95. The quantitative estimate of drug-likeness (QED) is 0.302. The normalized spacial score (nSPS) is 10.7. The zero-order valence-electron chi connectivity index (χ0n) is 16.3. The molecule has 0 unspecified atom stereocenters. The zero-order valence-corrected chi connectivity index (χ0v) is 19.9. The van der Waals surface area contributed by atoms with Crippen LogP contribution in [-0.2, 0) is 19.6 Å². The Morgan fingerprint density at radius 2 is 1.79 bits per heavy atom. The second-order valence-corrected chi connectivity index (χ2v) is 8.50. The van der Waals surface area contributed by atoms with E-state index in [4.69, 9.17) is 32.7 Å². The Hall–Kier alpha value is -1.63. The van der Waals surface area contributed by atoms with Crippen molar-refractivity contribution in [3.8, 4) is 11.5 Å². The van der Waals surface area contributed by atoms with E-state index in [1.165, 1.54) is 5.56 Å². The van der Waals surface area contributed by atoms with Crippen LogP contribution in [-0.4, -0.2) is 7.11 Å². The van der Waals surface area contributed by atoms with Crippen LogP contribution < -0.4 is 14.8 Å². The standard InChI is InChI=1S/C23H22Cl2INO2/c1-3-16-6-4-5-7-21(16)27-13-15-10-20(26)23(22(11-15)28-2)29-14-17-8-9-18(24)12-19(17)25/h4-12,27H,3,13-14H2,1-2H3. The maximum absolute atomic E-state index is 6.25. The summed E-state index contributed by atoms with van der Waals surface area (Å²) in [5.74, 6) is 1.40. The highest BCUT2D eigenvalue weighted by atomic mass is 127. The molecule has 0 aliphatic heterocycles. The van der Waals surface area contributed by atoms with Crippen molar-refractivity contribution in [2.24, 2.45) is 0 Å². The first-order valence-corrected chi connectivity index (χ1v) is 11.1. The lowest BCUT2D eigenvalue weighted by molar-refractivity contribution is 0.282. The van der Waals surface area contributed by atoms with E-state index in [0.717, 1.165) is 26.8 Å². The highest BCUT2D eigenvalue weighted by Gasteiger charge is 2.13. The van der Waals surface area contributed by atoms with E-state index in [-0.39, 0.29) is 0 Å². The van der Waals surface area contributed by atoms with Gasteiger partial charge in [-0.25, -0.2) is 0 Å². The van der Waals surface area contributed by atoms with Gasteiger partial charge in [-0.3, -0.25) is 0 Å². The third-order valence-electron chi connectivity index (χ3n) is 4.56. The summed E-state index contributed by atoms with van der Waals surface area (Å²) in [6, 6.07) is 17.9. The van der Waals surface area contributed by atoms with Gasteiger partial charge in [0.05, 0.1) is 10.7 Å². The second kappa shape index (κ2) is 10.4. The molecule has 0 aliphatic carbocycles. The van der Waals surface area contributed by atoms with Gasteiger partial charge in [-0.1, -0.05) is 54.4 Å². The lowest BCUT2D eigenvalue weighted by Gasteiger charge is -2.16. The fourth-order valence-corrected chi connectivity index (χ4v) is 4.29. The summed E-state index contributed by atoms with van der Waals surface area (Å²) in [5, 5.41) is 4.71. The number of benzene rings is 3. The highest BCUT2D eigenvalue weighted by Crippen LogP contribution is 2.35. The Morgan fingerprint density at radius 1 is 1.00 bits per heavy atom. The molecule has 152 valence electrons. The average molecular weight is 542 g/mol. The van der Waals surface area contributed by atoms with Crippen molar-refractivity contribution in [3.05, 3.63) is 84.9 Å². The summed E-state index contributed by atoms with van der Waals surface area (Å²) in [7, 11) is 1.65. The monoisotopic (exact) mass is 541 g/mol. The lowest BCUT2D eigenvalue weighted by Crippen LogP contribution is -2.05. The second-order valence-electron chi connectivity index (χ2n) is 6.50. The van der Waals surface area contributed by atoms with E-state index >= 15 is 0 Å². The molecule has 0 saturated carbocycles. The van der Waals surface area contributed by atoms with Gasteiger partial charge in [0.1, 0.15) is 6.61 Å². The van der Waals surface area contributed by atoms with Crippen molar-refractivity contribution >= 4 is 51.5 Å². The summed E-state index contributed by atoms with van der Waals surface area (Å²) in [5.41, 5.74) is 4.44. The van der Waals surface area contributed by atoms with E-state index in [9.17, 15) is 0 Å². The van der Waals surface area contributed by atoms with Gasteiger partial charge in [-0.2, -0.15) is 0 Å². The molecular weight excluding hydrogens is 520 g/mol. The number of rotatable bonds is 8. The van der Waals surface area contributed by atoms with Gasteiger partial charge < -0.3 is 14.8 Å². The molecule has 0 fully saturated rings. The van der Waals surface area contributed by atoms with Crippen molar-refractivity contribution in [2.75, 3.05) is 12.4 Å². The van der Waals surface area contributed by atoms with Crippen LogP contribution in [0.2, 0.25) is 10.0 Å². The van der Waals surface area contributed by atoms with E-state index in [2.05, 4.69) is 59.1 Å². The molecule has 0 amide bonds. The maximum Gasteiger partial charge on any atom is 0.174 e. The van der Waals surface area contributed by atoms with Crippen molar-refractivity contribution < 1.29 is 9.47 Å². The number of hydrogen-bond donors (Lipinski definition) is 1. The molecule has 0 aliphatic rings. The molecule has 0 atom stereocenters. The predicted molar refractivity (Wildman–Crippen MR) is 130 cm³/mol. The third kappa shape index (κ3) is 5.71. The fraction of sp³-hybridized carbons (Fsp3) is 0.217. The van der Waals surface area contributed by atoms with E-state index in [0.29, 0.717) is 34.7 Å². The van der Waals surface area contributed by atoms with E-state index < -0.39 is 0 Å². The zero-order chi connectivity index (χ0) is 20.8. The molecule has 0 radical (unpaired) electrons. The molecule has 1 N–H and O–H groups in total. The maximum atomic E-state index is 6.25. The molecule has 6 heteroatoms. The summed E-state index contributed by atoms with van der Waals surface area (Å²) < 4.78 is 12.6. The van der Waals surface area contributed by atoms with E-state index in [1.54, 1.807) is 19.2 Å². The topological polar surface area (TPSA) is 30.5 Å². The first-order chi connectivity index (χ1) is 14.0. The van der Waals surface area contributed by atoms with Crippen LogP contribution in [0.4, 0.5) is 5.69 Å². The minimum absolute atomic E-state index is 0.337. The first-order valence-electron chi connectivity index (χ1n) is 9.26. The van der Waals surface area contributed by atoms with Crippen molar-refractivity contribution in [3.63, 3.8) is 0 Å². The predicted octanol–water partition coefficient (Wildman–Crippen LogP) is 7.36. The number of aryl methyl sites for hydroxylation is 1. The highest BCUT2D eigenvalue weighted by molar-refractivity contribution is 14.1. The number of anilines is 1. The molecule has 29 heavy (non-hydrogen) atoms. The molecule has 3 aromatic rings. The molecule has 0 spiro atoms. The first kappa shape index (κ1) is 22.1. The summed E-state index contributed by atoms with van der Waals surface area (Å²) in [6.07, 6.45) is 0.990. The van der Waals surface area contributed by atoms with Gasteiger partial charge in [-0.05, 0) is 70.5 Å². The van der Waals surface area contributed by atoms with Crippen LogP contribution >= 0.6 is 45.8 Å². The van der Waals surface area contributed by atoms with Crippen molar-refractivity contribution in [1.82, 2.24) is 0 Å². The Kier molecular flexibility index (Phi) is 7.92.